The standard InChI is InChI=1S/C16H17Cl2N5O/c17-12-1-2-14(13(18)9-12)21-16(24)11-22-5-7-23(8-6-22)15-10-19-3-4-20-15/h1-4,9-10H,5-8,11H2,(H,21,24). The summed E-state index contributed by atoms with van der Waals surface area (Å²) in [5.74, 6) is 0.779. The number of nitrogens with one attached hydrogen (secondary N) is 1. The normalized spacial score (nSPS) is 15.3. The van der Waals surface area contributed by atoms with E-state index in [0.29, 0.717) is 22.3 Å². The highest BCUT2D eigenvalue weighted by atomic mass is 35.5. The molecule has 24 heavy (non-hydrogen) atoms. The second kappa shape index (κ2) is 7.79. The molecule has 1 amide bonds. The molecule has 0 aliphatic carbocycles. The molecule has 0 atom stereocenters. The number of carbonyl (C=O) groups excluding carboxylic acids is 1. The number of hydrogen-bond donors (Lipinski definition) is 1. The molecule has 0 saturated carbocycles. The summed E-state index contributed by atoms with van der Waals surface area (Å²) in [6.07, 6.45) is 5.10. The molecule has 0 radical (unpaired) electrons. The topological polar surface area (TPSA) is 61.4 Å². The molecule has 2 aromatic rings. The first-order chi connectivity index (χ1) is 11.6. The summed E-state index contributed by atoms with van der Waals surface area (Å²) in [5, 5.41) is 3.79. The minimum absolute atomic E-state index is 0.0906. The minimum Gasteiger partial charge on any atom is -0.353 e. The van der Waals surface area contributed by atoms with Crippen LogP contribution in [0.2, 0.25) is 10.0 Å². The second-order valence-corrected chi connectivity index (χ2v) is 6.34. The van der Waals surface area contributed by atoms with Gasteiger partial charge in [0.2, 0.25) is 5.91 Å². The number of hydrogen-bond acceptors (Lipinski definition) is 5. The maximum absolute atomic E-state index is 12.2. The summed E-state index contributed by atoms with van der Waals surface area (Å²) in [6, 6.07) is 5.01. The number of anilines is 2. The molecular weight excluding hydrogens is 349 g/mol. The van der Waals surface area contributed by atoms with E-state index in [1.807, 2.05) is 0 Å². The Bertz CT molecular complexity index is 705. The molecule has 1 aliphatic rings. The Balaban J connectivity index is 1.50. The Morgan fingerprint density at radius 2 is 1.96 bits per heavy atom. The highest BCUT2D eigenvalue weighted by Crippen LogP contribution is 2.25. The lowest BCUT2D eigenvalue weighted by Crippen LogP contribution is -2.49. The highest BCUT2D eigenvalue weighted by Gasteiger charge is 2.20. The van der Waals surface area contributed by atoms with Crippen molar-refractivity contribution in [2.75, 3.05) is 42.9 Å². The quantitative estimate of drug-likeness (QED) is 0.901. The van der Waals surface area contributed by atoms with Gasteiger partial charge in [-0.15, -0.1) is 0 Å². The van der Waals surface area contributed by atoms with Crippen molar-refractivity contribution in [3.8, 4) is 0 Å². The zero-order valence-corrected chi connectivity index (χ0v) is 14.5. The third-order valence-corrected chi connectivity index (χ3v) is 4.37. The molecule has 1 saturated heterocycles. The predicted octanol–water partition coefficient (Wildman–Crippen LogP) is 2.54. The Labute approximate surface area is 150 Å². The fourth-order valence-corrected chi connectivity index (χ4v) is 3.03. The maximum atomic E-state index is 12.2. The van der Waals surface area contributed by atoms with Crippen LogP contribution >= 0.6 is 23.2 Å². The van der Waals surface area contributed by atoms with Gasteiger partial charge >= 0.3 is 0 Å². The van der Waals surface area contributed by atoms with Crippen LogP contribution in [-0.2, 0) is 4.79 Å². The number of aromatic nitrogens is 2. The van der Waals surface area contributed by atoms with Crippen molar-refractivity contribution < 1.29 is 4.79 Å². The van der Waals surface area contributed by atoms with Crippen LogP contribution in [0, 0.1) is 0 Å². The molecule has 0 bridgehead atoms. The molecule has 3 rings (SSSR count). The van der Waals surface area contributed by atoms with Gasteiger partial charge in [-0.3, -0.25) is 14.7 Å². The van der Waals surface area contributed by atoms with E-state index < -0.39 is 0 Å². The van der Waals surface area contributed by atoms with Crippen molar-refractivity contribution in [3.63, 3.8) is 0 Å². The van der Waals surface area contributed by atoms with Crippen molar-refractivity contribution in [2.24, 2.45) is 0 Å². The number of halogens is 2. The first-order valence-corrected chi connectivity index (χ1v) is 8.35. The summed E-state index contributed by atoms with van der Waals surface area (Å²) >= 11 is 11.9. The highest BCUT2D eigenvalue weighted by molar-refractivity contribution is 6.36. The zero-order valence-electron chi connectivity index (χ0n) is 13.0. The molecule has 0 unspecified atom stereocenters. The van der Waals surface area contributed by atoms with Gasteiger partial charge in [0, 0.05) is 43.6 Å². The van der Waals surface area contributed by atoms with Gasteiger partial charge in [0.15, 0.2) is 0 Å². The number of benzene rings is 1. The van der Waals surface area contributed by atoms with E-state index >= 15 is 0 Å². The van der Waals surface area contributed by atoms with Crippen LogP contribution in [0.5, 0.6) is 0 Å². The van der Waals surface area contributed by atoms with Crippen LogP contribution in [0.25, 0.3) is 0 Å². The molecule has 2 heterocycles. The lowest BCUT2D eigenvalue weighted by molar-refractivity contribution is -0.117. The summed E-state index contributed by atoms with van der Waals surface area (Å²) in [7, 11) is 0. The van der Waals surface area contributed by atoms with E-state index in [2.05, 4.69) is 25.1 Å². The first-order valence-electron chi connectivity index (χ1n) is 7.60. The average molecular weight is 366 g/mol. The molecule has 1 N–H and O–H groups in total. The molecule has 1 aliphatic heterocycles. The van der Waals surface area contributed by atoms with E-state index in [4.69, 9.17) is 23.2 Å². The van der Waals surface area contributed by atoms with E-state index in [1.165, 1.54) is 0 Å². The third-order valence-electron chi connectivity index (χ3n) is 3.82. The van der Waals surface area contributed by atoms with Crippen LogP contribution in [0.15, 0.2) is 36.8 Å². The van der Waals surface area contributed by atoms with E-state index in [9.17, 15) is 4.79 Å². The molecule has 0 spiro atoms. The molecule has 1 aromatic carbocycles. The summed E-state index contributed by atoms with van der Waals surface area (Å²) in [4.78, 5) is 24.8. The van der Waals surface area contributed by atoms with Crippen molar-refractivity contribution in [2.45, 2.75) is 0 Å². The van der Waals surface area contributed by atoms with E-state index in [1.54, 1.807) is 36.8 Å². The van der Waals surface area contributed by atoms with Crippen LogP contribution in [-0.4, -0.2) is 53.5 Å². The van der Waals surface area contributed by atoms with Crippen molar-refractivity contribution in [3.05, 3.63) is 46.8 Å². The lowest BCUT2D eigenvalue weighted by Gasteiger charge is -2.34. The van der Waals surface area contributed by atoms with Gasteiger partial charge in [-0.25, -0.2) is 4.98 Å². The molecule has 1 aromatic heterocycles. The minimum atomic E-state index is -0.0906. The van der Waals surface area contributed by atoms with Crippen LogP contribution in [0.1, 0.15) is 0 Å². The van der Waals surface area contributed by atoms with Gasteiger partial charge in [0.05, 0.1) is 23.5 Å². The number of nitrogens with zero attached hydrogens (tertiary/aromatic N) is 4. The summed E-state index contributed by atoms with van der Waals surface area (Å²) in [5.41, 5.74) is 0.573. The molecule has 1 fully saturated rings. The van der Waals surface area contributed by atoms with Gasteiger partial charge in [0.1, 0.15) is 5.82 Å². The number of amides is 1. The SMILES string of the molecule is O=C(CN1CCN(c2cnccn2)CC1)Nc1ccc(Cl)cc1Cl. The summed E-state index contributed by atoms with van der Waals surface area (Å²) < 4.78 is 0. The molecule has 126 valence electrons. The van der Waals surface area contributed by atoms with Gasteiger partial charge < -0.3 is 10.2 Å². The predicted molar refractivity (Wildman–Crippen MR) is 95.8 cm³/mol. The van der Waals surface area contributed by atoms with E-state index in [-0.39, 0.29) is 5.91 Å². The van der Waals surface area contributed by atoms with Crippen molar-refractivity contribution in [1.29, 1.82) is 0 Å². The Kier molecular flexibility index (Phi) is 5.50. The van der Waals surface area contributed by atoms with Gasteiger partial charge in [-0.1, -0.05) is 23.2 Å². The van der Waals surface area contributed by atoms with Gasteiger partial charge in [-0.2, -0.15) is 0 Å². The maximum Gasteiger partial charge on any atom is 0.238 e. The third kappa shape index (κ3) is 4.35. The summed E-state index contributed by atoms with van der Waals surface area (Å²) in [6.45, 7) is 3.53. The smallest absolute Gasteiger partial charge is 0.238 e. The second-order valence-electron chi connectivity index (χ2n) is 5.50. The fraction of sp³-hybridized carbons (Fsp3) is 0.312. The Morgan fingerprint density at radius 1 is 1.17 bits per heavy atom. The van der Waals surface area contributed by atoms with Crippen LogP contribution in [0.3, 0.4) is 0 Å². The Hall–Kier alpha value is -1.89. The number of carbonyl (C=O) groups is 1. The van der Waals surface area contributed by atoms with Crippen molar-refractivity contribution in [1.82, 2.24) is 14.9 Å². The fourth-order valence-electron chi connectivity index (χ4n) is 2.57. The van der Waals surface area contributed by atoms with E-state index in [0.717, 1.165) is 32.0 Å². The lowest BCUT2D eigenvalue weighted by atomic mass is 10.3. The molecular formula is C16H17Cl2N5O. The molecule has 6 nitrogen and oxygen atoms in total. The zero-order chi connectivity index (χ0) is 16.9. The van der Waals surface area contributed by atoms with Crippen molar-refractivity contribution >= 4 is 40.6 Å². The number of rotatable bonds is 4. The van der Waals surface area contributed by atoms with Crippen LogP contribution in [0.4, 0.5) is 11.5 Å². The van der Waals surface area contributed by atoms with Gasteiger partial charge in [0.25, 0.3) is 0 Å². The van der Waals surface area contributed by atoms with Crippen LogP contribution < -0.4 is 10.2 Å². The monoisotopic (exact) mass is 365 g/mol. The first kappa shape index (κ1) is 17.0. The largest absolute Gasteiger partial charge is 0.353 e. The van der Waals surface area contributed by atoms with Gasteiger partial charge in [-0.05, 0) is 18.2 Å². The number of piperazine rings is 1. The Morgan fingerprint density at radius 3 is 2.62 bits per heavy atom. The molecule has 8 heteroatoms. The average Bonchev–Trinajstić information content (AvgIpc) is 2.59.